The lowest BCUT2D eigenvalue weighted by Crippen LogP contribution is -2.43. The molecule has 2 aliphatic rings. The van der Waals surface area contributed by atoms with Crippen molar-refractivity contribution in [2.75, 3.05) is 26.3 Å². The van der Waals surface area contributed by atoms with Crippen molar-refractivity contribution in [3.8, 4) is 0 Å². The molecule has 6 unspecified atom stereocenters. The number of aliphatic hydroxyl groups is 2. The first-order chi connectivity index (χ1) is 18.1. The summed E-state index contributed by atoms with van der Waals surface area (Å²) in [6, 6.07) is -0.487. The van der Waals surface area contributed by atoms with Crippen molar-refractivity contribution in [3.05, 3.63) is 65.2 Å². The monoisotopic (exact) mass is 536 g/mol. The summed E-state index contributed by atoms with van der Waals surface area (Å²) in [7, 11) is 0. The first-order valence-electron chi connectivity index (χ1n) is 12.3. The molecule has 4 rings (SSSR count). The molecule has 2 aromatic rings. The number of aromatic amines is 2. The highest BCUT2D eigenvalue weighted by Gasteiger charge is 2.38. The Bertz CT molecular complexity index is 1290. The third-order valence-electron chi connectivity index (χ3n) is 7.05. The number of rotatable bonds is 8. The Morgan fingerprint density at radius 3 is 1.61 bits per heavy atom. The smallest absolute Gasteiger partial charge is 0.330 e. The highest BCUT2D eigenvalue weighted by molar-refractivity contribution is 5.73. The standard InChI is InChI=1S/C23H32N6O9/c1-11-7-28(22(35)26-19(11)32)17-3-13(15(9-30)37-17)5-24-21(34)25-6-14-4-18(38-16(14)10-31)29-8-12(2)20(33)27-23(29)36/h7-8,13-18,30-31H,3-6,9-10H2,1-2H3,(H2,24,25,34)(H,26,32,35)(H,27,33,36). The molecule has 2 aromatic heterocycles. The number of urea groups is 1. The molecular weight excluding hydrogens is 504 g/mol. The molecular formula is C23H32N6O9. The average molecular weight is 537 g/mol. The van der Waals surface area contributed by atoms with Crippen LogP contribution >= 0.6 is 0 Å². The third kappa shape index (κ3) is 5.80. The molecule has 0 aromatic carbocycles. The van der Waals surface area contributed by atoms with E-state index in [4.69, 9.17) is 9.47 Å². The number of carbonyl (C=O) groups is 1. The predicted molar refractivity (Wildman–Crippen MR) is 132 cm³/mol. The van der Waals surface area contributed by atoms with Gasteiger partial charge in [-0.25, -0.2) is 14.4 Å². The Morgan fingerprint density at radius 1 is 0.842 bits per heavy atom. The summed E-state index contributed by atoms with van der Waals surface area (Å²) in [4.78, 5) is 64.6. The number of nitrogens with zero attached hydrogens (tertiary/aromatic N) is 2. The van der Waals surface area contributed by atoms with Crippen molar-refractivity contribution in [3.63, 3.8) is 0 Å². The first-order valence-corrected chi connectivity index (χ1v) is 12.3. The summed E-state index contributed by atoms with van der Waals surface area (Å²) in [5.74, 6) is -0.593. The van der Waals surface area contributed by atoms with Gasteiger partial charge in [0, 0.05) is 48.4 Å². The van der Waals surface area contributed by atoms with E-state index in [2.05, 4.69) is 20.6 Å². The summed E-state index contributed by atoms with van der Waals surface area (Å²) >= 11 is 0. The van der Waals surface area contributed by atoms with Gasteiger partial charge >= 0.3 is 17.4 Å². The number of aromatic nitrogens is 4. The molecule has 15 nitrogen and oxygen atoms in total. The van der Waals surface area contributed by atoms with E-state index in [0.717, 1.165) is 0 Å². The van der Waals surface area contributed by atoms with Crippen LogP contribution in [-0.2, 0) is 9.47 Å². The van der Waals surface area contributed by atoms with Gasteiger partial charge < -0.3 is 30.3 Å². The largest absolute Gasteiger partial charge is 0.394 e. The molecule has 208 valence electrons. The van der Waals surface area contributed by atoms with Crippen molar-refractivity contribution in [2.24, 2.45) is 11.8 Å². The maximum Gasteiger partial charge on any atom is 0.330 e. The van der Waals surface area contributed by atoms with E-state index in [1.54, 1.807) is 13.8 Å². The van der Waals surface area contributed by atoms with Crippen LogP contribution in [0, 0.1) is 25.7 Å². The van der Waals surface area contributed by atoms with Gasteiger partial charge in [0.2, 0.25) is 0 Å². The molecule has 2 aliphatic heterocycles. The molecule has 2 fully saturated rings. The second kappa shape index (κ2) is 11.5. The van der Waals surface area contributed by atoms with Crippen LogP contribution in [0.25, 0.3) is 0 Å². The molecule has 0 saturated carbocycles. The van der Waals surface area contributed by atoms with Gasteiger partial charge in [-0.1, -0.05) is 0 Å². The van der Waals surface area contributed by atoms with E-state index in [9.17, 15) is 34.2 Å². The zero-order chi connectivity index (χ0) is 27.6. The van der Waals surface area contributed by atoms with Gasteiger partial charge in [-0.3, -0.25) is 28.7 Å². The maximum atomic E-state index is 12.5. The minimum atomic E-state index is -0.706. The van der Waals surface area contributed by atoms with Crippen LogP contribution in [0.3, 0.4) is 0 Å². The number of ether oxygens (including phenoxy) is 2. The lowest BCUT2D eigenvalue weighted by molar-refractivity contribution is -0.0326. The fraction of sp³-hybridized carbons (Fsp3) is 0.609. The molecule has 6 atom stereocenters. The van der Waals surface area contributed by atoms with Crippen LogP contribution in [0.4, 0.5) is 4.79 Å². The van der Waals surface area contributed by atoms with Crippen LogP contribution in [0.1, 0.15) is 36.4 Å². The third-order valence-corrected chi connectivity index (χ3v) is 7.05. The average Bonchev–Trinajstić information content (AvgIpc) is 3.49. The SMILES string of the molecule is Cc1cn(C2CC(CNC(=O)NCC3CC(n4cc(C)c(=O)[nH]c4=O)OC3CO)C(CO)O2)c(=O)[nH]c1=O. The van der Waals surface area contributed by atoms with Crippen molar-refractivity contribution in [1.29, 1.82) is 0 Å². The molecule has 4 heterocycles. The number of aryl methyl sites for hydroxylation is 2. The molecule has 0 spiro atoms. The molecule has 6 N–H and O–H groups in total. The lowest BCUT2D eigenvalue weighted by Gasteiger charge is -2.18. The molecule has 38 heavy (non-hydrogen) atoms. The fourth-order valence-electron chi connectivity index (χ4n) is 4.84. The number of carbonyl (C=O) groups excluding carboxylic acids is 1. The minimum absolute atomic E-state index is 0.157. The summed E-state index contributed by atoms with van der Waals surface area (Å²) in [6.07, 6.45) is 0.803. The van der Waals surface area contributed by atoms with E-state index in [0.29, 0.717) is 24.0 Å². The zero-order valence-corrected chi connectivity index (χ0v) is 21.0. The van der Waals surface area contributed by atoms with Crippen LogP contribution in [0.2, 0.25) is 0 Å². The Kier molecular flexibility index (Phi) is 8.30. The molecule has 2 saturated heterocycles. The number of nitrogens with one attached hydrogen (secondary N) is 4. The molecule has 0 aliphatic carbocycles. The number of hydrogen-bond acceptors (Lipinski definition) is 9. The minimum Gasteiger partial charge on any atom is -0.394 e. The maximum absolute atomic E-state index is 12.5. The molecule has 15 heteroatoms. The van der Waals surface area contributed by atoms with Crippen molar-refractivity contribution in [2.45, 2.75) is 51.4 Å². The summed E-state index contributed by atoms with van der Waals surface area (Å²) in [6.45, 7) is 2.81. The van der Waals surface area contributed by atoms with Gasteiger partial charge in [-0.05, 0) is 26.7 Å². The van der Waals surface area contributed by atoms with Gasteiger partial charge in [0.15, 0.2) is 0 Å². The van der Waals surface area contributed by atoms with Crippen LogP contribution in [0.5, 0.6) is 0 Å². The topological polar surface area (TPSA) is 210 Å². The van der Waals surface area contributed by atoms with E-state index >= 15 is 0 Å². The number of aliphatic hydroxyl groups excluding tert-OH is 2. The van der Waals surface area contributed by atoms with Gasteiger partial charge in [0.05, 0.1) is 25.4 Å². The number of amides is 2. The normalized spacial score (nSPS) is 26.9. The van der Waals surface area contributed by atoms with Gasteiger partial charge in [-0.2, -0.15) is 0 Å². The van der Waals surface area contributed by atoms with Crippen LogP contribution < -0.4 is 33.1 Å². The van der Waals surface area contributed by atoms with Crippen molar-refractivity contribution in [1.82, 2.24) is 29.7 Å². The van der Waals surface area contributed by atoms with Gasteiger partial charge in [0.1, 0.15) is 12.5 Å². The van der Waals surface area contributed by atoms with Crippen LogP contribution in [0.15, 0.2) is 31.6 Å². The molecule has 0 bridgehead atoms. The zero-order valence-electron chi connectivity index (χ0n) is 21.0. The first kappa shape index (κ1) is 27.5. The number of H-pyrrole nitrogens is 2. The Hall–Kier alpha value is -3.53. The summed E-state index contributed by atoms with van der Waals surface area (Å²) < 4.78 is 14.1. The lowest BCUT2D eigenvalue weighted by atomic mass is 10.0. The predicted octanol–water partition coefficient (Wildman–Crippen LogP) is -2.21. The highest BCUT2D eigenvalue weighted by atomic mass is 16.5. The van der Waals surface area contributed by atoms with E-state index < -0.39 is 53.2 Å². The fourth-order valence-corrected chi connectivity index (χ4v) is 4.84. The summed E-state index contributed by atoms with van der Waals surface area (Å²) in [5, 5.41) is 24.9. The molecule has 2 amide bonds. The number of hydrogen-bond donors (Lipinski definition) is 6. The van der Waals surface area contributed by atoms with E-state index in [1.807, 2.05) is 0 Å². The Morgan fingerprint density at radius 2 is 1.24 bits per heavy atom. The summed E-state index contributed by atoms with van der Waals surface area (Å²) in [5.41, 5.74) is -1.53. The van der Waals surface area contributed by atoms with Gasteiger partial charge in [0.25, 0.3) is 11.1 Å². The van der Waals surface area contributed by atoms with Crippen molar-refractivity contribution >= 4 is 6.03 Å². The van der Waals surface area contributed by atoms with E-state index in [1.165, 1.54) is 21.5 Å². The second-order valence-corrected chi connectivity index (χ2v) is 9.66. The molecule has 0 radical (unpaired) electrons. The Labute approximate surface area is 215 Å². The highest BCUT2D eigenvalue weighted by Crippen LogP contribution is 2.33. The van der Waals surface area contributed by atoms with Gasteiger partial charge in [-0.15, -0.1) is 0 Å². The quantitative estimate of drug-likeness (QED) is 0.216. The van der Waals surface area contributed by atoms with Crippen LogP contribution in [-0.4, -0.2) is 73.9 Å². The van der Waals surface area contributed by atoms with E-state index in [-0.39, 0.29) is 38.1 Å². The van der Waals surface area contributed by atoms with Crippen molar-refractivity contribution < 1.29 is 24.5 Å². The Balaban J connectivity index is 1.31. The second-order valence-electron chi connectivity index (χ2n) is 9.66.